The SMILES string of the molecule is CCc1nc(C)c(C(=O)N[C@H](CC(=O)OC)c2cccs2)s1. The van der Waals surface area contributed by atoms with Crippen LogP contribution in [0.1, 0.15) is 44.6 Å². The van der Waals surface area contributed by atoms with Crippen molar-refractivity contribution < 1.29 is 14.3 Å². The van der Waals surface area contributed by atoms with Gasteiger partial charge >= 0.3 is 5.97 Å². The lowest BCUT2D eigenvalue weighted by Gasteiger charge is -2.16. The van der Waals surface area contributed by atoms with Gasteiger partial charge in [0.1, 0.15) is 4.88 Å². The third kappa shape index (κ3) is 3.92. The summed E-state index contributed by atoms with van der Waals surface area (Å²) in [5.74, 6) is -0.550. The Hall–Kier alpha value is -1.73. The maximum Gasteiger partial charge on any atom is 0.307 e. The topological polar surface area (TPSA) is 68.3 Å². The number of esters is 1. The van der Waals surface area contributed by atoms with Crippen molar-refractivity contribution in [3.63, 3.8) is 0 Å². The average molecular weight is 338 g/mol. The zero-order chi connectivity index (χ0) is 16.1. The second-order valence-electron chi connectivity index (χ2n) is 4.70. The number of hydrogen-bond donors (Lipinski definition) is 1. The summed E-state index contributed by atoms with van der Waals surface area (Å²) in [6, 6.07) is 3.41. The van der Waals surface area contributed by atoms with E-state index in [1.165, 1.54) is 29.8 Å². The van der Waals surface area contributed by atoms with E-state index in [1.807, 2.05) is 31.4 Å². The quantitative estimate of drug-likeness (QED) is 0.822. The Balaban J connectivity index is 2.17. The van der Waals surface area contributed by atoms with E-state index in [2.05, 4.69) is 10.3 Å². The zero-order valence-corrected chi connectivity index (χ0v) is 14.3. The first-order valence-electron chi connectivity index (χ1n) is 6.92. The molecule has 0 fully saturated rings. The lowest BCUT2D eigenvalue weighted by Crippen LogP contribution is -2.29. The summed E-state index contributed by atoms with van der Waals surface area (Å²) in [7, 11) is 1.34. The molecular weight excluding hydrogens is 320 g/mol. The van der Waals surface area contributed by atoms with Crippen molar-refractivity contribution in [2.75, 3.05) is 7.11 Å². The van der Waals surface area contributed by atoms with Crippen LogP contribution in [-0.4, -0.2) is 24.0 Å². The number of nitrogens with zero attached hydrogens (tertiary/aromatic N) is 1. The fourth-order valence-electron chi connectivity index (χ4n) is 2.00. The molecule has 118 valence electrons. The molecule has 0 aliphatic heterocycles. The number of carbonyl (C=O) groups is 2. The molecule has 0 bridgehead atoms. The molecule has 1 atom stereocenters. The van der Waals surface area contributed by atoms with E-state index in [4.69, 9.17) is 4.74 Å². The van der Waals surface area contributed by atoms with Crippen molar-refractivity contribution in [1.29, 1.82) is 0 Å². The molecule has 7 heteroatoms. The molecule has 2 aromatic heterocycles. The molecule has 1 N–H and O–H groups in total. The lowest BCUT2D eigenvalue weighted by molar-refractivity contribution is -0.141. The highest BCUT2D eigenvalue weighted by atomic mass is 32.1. The predicted octanol–water partition coefficient (Wildman–Crippen LogP) is 3.11. The summed E-state index contributed by atoms with van der Waals surface area (Å²) in [5, 5.41) is 5.77. The summed E-state index contributed by atoms with van der Waals surface area (Å²) < 4.78 is 4.72. The van der Waals surface area contributed by atoms with E-state index in [1.54, 1.807) is 0 Å². The molecule has 2 heterocycles. The first kappa shape index (κ1) is 16.6. The van der Waals surface area contributed by atoms with E-state index in [0.717, 1.165) is 22.0 Å². The van der Waals surface area contributed by atoms with Gasteiger partial charge in [0.05, 0.1) is 30.3 Å². The van der Waals surface area contributed by atoms with Crippen LogP contribution < -0.4 is 5.32 Å². The van der Waals surface area contributed by atoms with E-state index in [0.29, 0.717) is 4.88 Å². The van der Waals surface area contributed by atoms with Gasteiger partial charge in [-0.15, -0.1) is 22.7 Å². The van der Waals surface area contributed by atoms with Gasteiger partial charge in [0.2, 0.25) is 0 Å². The highest BCUT2D eigenvalue weighted by Gasteiger charge is 2.23. The molecule has 5 nitrogen and oxygen atoms in total. The first-order valence-corrected chi connectivity index (χ1v) is 8.62. The molecule has 1 amide bonds. The Bertz CT molecular complexity index is 650. The number of hydrogen-bond acceptors (Lipinski definition) is 6. The van der Waals surface area contributed by atoms with Gasteiger partial charge in [-0.1, -0.05) is 13.0 Å². The fraction of sp³-hybridized carbons (Fsp3) is 0.400. The normalized spacial score (nSPS) is 12.0. The van der Waals surface area contributed by atoms with Gasteiger partial charge in [-0.05, 0) is 24.8 Å². The number of carbonyl (C=O) groups excluding carboxylic acids is 2. The molecule has 0 spiro atoms. The van der Waals surface area contributed by atoms with Crippen LogP contribution in [0.3, 0.4) is 0 Å². The van der Waals surface area contributed by atoms with Crippen molar-refractivity contribution in [1.82, 2.24) is 10.3 Å². The maximum absolute atomic E-state index is 12.5. The second-order valence-corrected chi connectivity index (χ2v) is 6.76. The van der Waals surface area contributed by atoms with Crippen molar-refractivity contribution in [3.8, 4) is 0 Å². The minimum absolute atomic E-state index is 0.112. The number of rotatable bonds is 6. The highest BCUT2D eigenvalue weighted by molar-refractivity contribution is 7.13. The predicted molar refractivity (Wildman–Crippen MR) is 87.4 cm³/mol. The number of thiazole rings is 1. The van der Waals surface area contributed by atoms with E-state index in [-0.39, 0.29) is 24.3 Å². The van der Waals surface area contributed by atoms with Crippen molar-refractivity contribution in [2.24, 2.45) is 0 Å². The number of thiophene rings is 1. The molecular formula is C15H18N2O3S2. The summed E-state index contributed by atoms with van der Waals surface area (Å²) in [4.78, 5) is 29.9. The molecule has 0 aliphatic rings. The molecule has 2 rings (SSSR count). The van der Waals surface area contributed by atoms with Crippen LogP contribution in [0.2, 0.25) is 0 Å². The van der Waals surface area contributed by atoms with Crippen LogP contribution in [0, 0.1) is 6.92 Å². The van der Waals surface area contributed by atoms with Gasteiger partial charge in [0.15, 0.2) is 0 Å². The van der Waals surface area contributed by atoms with E-state index < -0.39 is 0 Å². The summed E-state index contributed by atoms with van der Waals surface area (Å²) in [5.41, 5.74) is 0.724. The molecule has 22 heavy (non-hydrogen) atoms. The third-order valence-electron chi connectivity index (χ3n) is 3.14. The number of aryl methyl sites for hydroxylation is 2. The molecule has 2 aromatic rings. The molecule has 0 aromatic carbocycles. The van der Waals surface area contributed by atoms with Crippen LogP contribution in [0.15, 0.2) is 17.5 Å². The van der Waals surface area contributed by atoms with Crippen LogP contribution in [-0.2, 0) is 16.0 Å². The van der Waals surface area contributed by atoms with Crippen LogP contribution in [0.5, 0.6) is 0 Å². The number of amides is 1. The second kappa shape index (κ2) is 7.51. The Morgan fingerprint density at radius 3 is 2.77 bits per heavy atom. The van der Waals surface area contributed by atoms with Gasteiger partial charge in [0.25, 0.3) is 5.91 Å². The number of methoxy groups -OCH3 is 1. The number of aromatic nitrogens is 1. The summed E-state index contributed by atoms with van der Waals surface area (Å²) in [6.45, 7) is 3.83. The zero-order valence-electron chi connectivity index (χ0n) is 12.7. The molecule has 0 radical (unpaired) electrons. The van der Waals surface area contributed by atoms with Crippen LogP contribution in [0.25, 0.3) is 0 Å². The van der Waals surface area contributed by atoms with Crippen molar-refractivity contribution in [3.05, 3.63) is 38.0 Å². The van der Waals surface area contributed by atoms with Crippen LogP contribution in [0.4, 0.5) is 0 Å². The van der Waals surface area contributed by atoms with Gasteiger partial charge in [-0.2, -0.15) is 0 Å². The largest absolute Gasteiger partial charge is 0.469 e. The smallest absolute Gasteiger partial charge is 0.307 e. The van der Waals surface area contributed by atoms with Crippen LogP contribution >= 0.6 is 22.7 Å². The van der Waals surface area contributed by atoms with Gasteiger partial charge < -0.3 is 10.1 Å². The first-order chi connectivity index (χ1) is 10.5. The Labute approximate surface area is 137 Å². The fourth-order valence-corrected chi connectivity index (χ4v) is 3.69. The van der Waals surface area contributed by atoms with Gasteiger partial charge in [0, 0.05) is 4.88 Å². The minimum Gasteiger partial charge on any atom is -0.469 e. The number of nitrogens with one attached hydrogen (secondary N) is 1. The summed E-state index contributed by atoms with van der Waals surface area (Å²) in [6.07, 6.45) is 0.913. The molecule has 0 saturated carbocycles. The van der Waals surface area contributed by atoms with E-state index in [9.17, 15) is 9.59 Å². The summed E-state index contributed by atoms with van der Waals surface area (Å²) >= 11 is 2.90. The molecule has 0 saturated heterocycles. The standard InChI is InChI=1S/C15H18N2O3S2/c1-4-12-16-9(2)14(22-12)15(19)17-10(8-13(18)20-3)11-6-5-7-21-11/h5-7,10H,4,8H2,1-3H3,(H,17,19)/t10-/m1/s1. The Kier molecular flexibility index (Phi) is 5.68. The number of ether oxygens (including phenoxy) is 1. The van der Waals surface area contributed by atoms with E-state index >= 15 is 0 Å². The molecule has 0 aliphatic carbocycles. The van der Waals surface area contributed by atoms with Gasteiger partial charge in [-0.3, -0.25) is 9.59 Å². The molecule has 0 unspecified atom stereocenters. The highest BCUT2D eigenvalue weighted by Crippen LogP contribution is 2.25. The lowest BCUT2D eigenvalue weighted by atomic mass is 10.1. The minimum atomic E-state index is -0.383. The maximum atomic E-state index is 12.5. The van der Waals surface area contributed by atoms with Gasteiger partial charge in [-0.25, -0.2) is 4.98 Å². The Morgan fingerprint density at radius 1 is 1.45 bits per heavy atom. The van der Waals surface area contributed by atoms with Crippen molar-refractivity contribution >= 4 is 34.6 Å². The Morgan fingerprint density at radius 2 is 2.23 bits per heavy atom. The monoisotopic (exact) mass is 338 g/mol. The average Bonchev–Trinajstić information content (AvgIpc) is 3.15. The van der Waals surface area contributed by atoms with Crippen molar-refractivity contribution in [2.45, 2.75) is 32.7 Å². The third-order valence-corrected chi connectivity index (χ3v) is 5.43.